The van der Waals surface area contributed by atoms with Gasteiger partial charge in [0.25, 0.3) is 0 Å². The van der Waals surface area contributed by atoms with Crippen molar-refractivity contribution >= 4 is 0 Å². The molecule has 0 saturated carbocycles. The molecule has 1 N–H and O–H groups in total. The first-order valence-electron chi connectivity index (χ1n) is 4.56. The number of nitrogens with one attached hydrogen (secondary N) is 1. The van der Waals surface area contributed by atoms with Crippen molar-refractivity contribution in [3.63, 3.8) is 0 Å². The summed E-state index contributed by atoms with van der Waals surface area (Å²) in [6.45, 7) is 0. The molecule has 0 saturated heterocycles. The highest BCUT2D eigenvalue weighted by Crippen LogP contribution is 2.17. The van der Waals surface area contributed by atoms with Crippen LogP contribution in [-0.4, -0.2) is 0 Å². The Morgan fingerprint density at radius 1 is 1.00 bits per heavy atom. The number of aryl methyl sites for hydroxylation is 2. The fraction of sp³-hybridized carbons (Fsp3) is 0.444. The fourth-order valence-electron chi connectivity index (χ4n) is 1.60. The Balaban J connectivity index is 0.000000195. The summed E-state index contributed by atoms with van der Waals surface area (Å²) in [5, 5.41) is 0. The molecule has 15 heavy (non-hydrogen) atoms. The van der Waals surface area contributed by atoms with E-state index in [1.807, 2.05) is 6.20 Å². The Labute approximate surface area is 89.7 Å². The zero-order valence-corrected chi connectivity index (χ0v) is 8.83. The SMILES string of the molecule is [O-][Cl+3]([O-])([O-])[O-].c1cc2c(c[nH+]1)CCCC2. The van der Waals surface area contributed by atoms with Crippen LogP contribution < -0.4 is 23.6 Å². The van der Waals surface area contributed by atoms with Gasteiger partial charge >= 0.3 is 0 Å². The molecule has 0 fully saturated rings. The predicted octanol–water partition coefficient (Wildman–Crippen LogP) is -3.38. The standard InChI is InChI=1S/C9H11N.ClHO4/c1-2-4-9-7-10-6-5-8(9)3-1;2-1(3,4)5/h5-7H,1-4H2;(H,2,3,4,5). The summed E-state index contributed by atoms with van der Waals surface area (Å²) in [6.07, 6.45) is 9.44. The number of halogens is 1. The van der Waals surface area contributed by atoms with Gasteiger partial charge in [-0.25, -0.2) is 23.6 Å². The number of rotatable bonds is 0. The molecule has 1 heterocycles. The molecular weight excluding hydrogens is 222 g/mol. The molecule has 0 amide bonds. The third-order valence-corrected chi connectivity index (χ3v) is 2.19. The molecule has 1 aromatic heterocycles. The molecule has 0 aliphatic heterocycles. The lowest BCUT2D eigenvalue weighted by atomic mass is 9.94. The fourth-order valence-corrected chi connectivity index (χ4v) is 1.60. The van der Waals surface area contributed by atoms with Gasteiger partial charge < -0.3 is 0 Å². The zero-order chi connectivity index (χ0) is 11.3. The van der Waals surface area contributed by atoms with Crippen LogP contribution in [0.2, 0.25) is 0 Å². The lowest BCUT2D eigenvalue weighted by molar-refractivity contribution is -2.00. The van der Waals surface area contributed by atoms with Crippen molar-refractivity contribution in [2.75, 3.05) is 0 Å². The van der Waals surface area contributed by atoms with E-state index in [2.05, 4.69) is 17.2 Å². The topological polar surface area (TPSA) is 106 Å². The van der Waals surface area contributed by atoms with Gasteiger partial charge in [0.15, 0.2) is 12.4 Å². The maximum atomic E-state index is 8.49. The Kier molecular flexibility index (Phi) is 4.44. The lowest BCUT2D eigenvalue weighted by Gasteiger charge is -2.17. The van der Waals surface area contributed by atoms with Crippen molar-refractivity contribution in [1.29, 1.82) is 0 Å². The first kappa shape index (κ1) is 12.4. The second kappa shape index (κ2) is 5.39. The van der Waals surface area contributed by atoms with E-state index in [0.29, 0.717) is 0 Å². The third-order valence-electron chi connectivity index (χ3n) is 2.19. The summed E-state index contributed by atoms with van der Waals surface area (Å²) < 4.78 is 34.0. The summed E-state index contributed by atoms with van der Waals surface area (Å²) in [4.78, 5) is 3.12. The molecule has 6 heteroatoms. The molecule has 5 nitrogen and oxygen atoms in total. The average Bonchev–Trinajstić information content (AvgIpc) is 2.16. The van der Waals surface area contributed by atoms with Crippen LogP contribution in [0.5, 0.6) is 0 Å². The smallest absolute Gasteiger partial charge is 0.170 e. The van der Waals surface area contributed by atoms with Gasteiger partial charge in [0.2, 0.25) is 0 Å². The maximum Gasteiger partial charge on any atom is 0.170 e. The van der Waals surface area contributed by atoms with Crippen LogP contribution in [0.4, 0.5) is 0 Å². The minimum atomic E-state index is -4.94. The number of fused-ring (bicyclic) bond motifs is 1. The quantitative estimate of drug-likeness (QED) is 0.466. The van der Waals surface area contributed by atoms with Gasteiger partial charge in [-0.2, -0.15) is 0 Å². The van der Waals surface area contributed by atoms with Crippen LogP contribution in [0, 0.1) is 10.2 Å². The average molecular weight is 234 g/mol. The summed E-state index contributed by atoms with van der Waals surface area (Å²) in [5.74, 6) is 0. The number of pyridine rings is 1. The zero-order valence-electron chi connectivity index (χ0n) is 8.07. The van der Waals surface area contributed by atoms with E-state index >= 15 is 0 Å². The lowest BCUT2D eigenvalue weighted by Crippen LogP contribution is -2.68. The molecule has 1 aromatic rings. The van der Waals surface area contributed by atoms with Crippen LogP contribution in [0.1, 0.15) is 24.0 Å². The number of hydrogen-bond donors (Lipinski definition) is 0. The van der Waals surface area contributed by atoms with E-state index in [1.54, 1.807) is 5.56 Å². The summed E-state index contributed by atoms with van der Waals surface area (Å²) in [6, 6.07) is 2.20. The summed E-state index contributed by atoms with van der Waals surface area (Å²) in [7, 11) is -4.94. The van der Waals surface area contributed by atoms with Crippen LogP contribution in [-0.2, 0) is 12.8 Å². The highest BCUT2D eigenvalue weighted by molar-refractivity contribution is 5.23. The van der Waals surface area contributed by atoms with Crippen molar-refractivity contribution in [3.05, 3.63) is 29.6 Å². The van der Waals surface area contributed by atoms with E-state index < -0.39 is 10.2 Å². The van der Waals surface area contributed by atoms with E-state index in [9.17, 15) is 0 Å². The molecule has 0 bridgehead atoms. The van der Waals surface area contributed by atoms with Crippen LogP contribution in [0.3, 0.4) is 0 Å². The van der Waals surface area contributed by atoms with Gasteiger partial charge in [-0.1, -0.05) is 0 Å². The largest absolute Gasteiger partial charge is 0.222 e. The molecule has 0 spiro atoms. The normalized spacial score (nSPS) is 14.9. The highest BCUT2D eigenvalue weighted by atomic mass is 35.7. The second-order valence-electron chi connectivity index (χ2n) is 3.28. The van der Waals surface area contributed by atoms with Gasteiger partial charge in [0.05, 0.1) is 0 Å². The van der Waals surface area contributed by atoms with Gasteiger partial charge in [0.1, 0.15) is 0 Å². The maximum absolute atomic E-state index is 8.49. The predicted molar refractivity (Wildman–Crippen MR) is 39.6 cm³/mol. The van der Waals surface area contributed by atoms with Crippen molar-refractivity contribution < 1.29 is 33.9 Å². The monoisotopic (exact) mass is 233 g/mol. The Bertz CT molecular complexity index is 282. The van der Waals surface area contributed by atoms with Crippen LogP contribution in [0.25, 0.3) is 0 Å². The first-order valence-corrected chi connectivity index (χ1v) is 5.80. The molecule has 0 aromatic carbocycles. The molecular formula is C9H12ClNO4. The number of H-pyrrole nitrogens is 1. The van der Waals surface area contributed by atoms with E-state index in [4.69, 9.17) is 18.6 Å². The Morgan fingerprint density at radius 2 is 1.53 bits per heavy atom. The molecule has 84 valence electrons. The van der Waals surface area contributed by atoms with Gasteiger partial charge in [0, 0.05) is 11.6 Å². The van der Waals surface area contributed by atoms with Crippen molar-refractivity contribution in [2.45, 2.75) is 25.7 Å². The Hall–Kier alpha value is -0.720. The third kappa shape index (κ3) is 5.66. The van der Waals surface area contributed by atoms with E-state index in [0.717, 1.165) is 0 Å². The molecule has 2 rings (SSSR count). The molecule has 0 unspecified atom stereocenters. The van der Waals surface area contributed by atoms with E-state index in [1.165, 1.54) is 31.2 Å². The van der Waals surface area contributed by atoms with Crippen molar-refractivity contribution in [1.82, 2.24) is 0 Å². The molecule has 1 aliphatic carbocycles. The number of aromatic amines is 1. The van der Waals surface area contributed by atoms with Crippen molar-refractivity contribution in [3.8, 4) is 0 Å². The molecule has 0 atom stereocenters. The van der Waals surface area contributed by atoms with Crippen LogP contribution >= 0.6 is 0 Å². The highest BCUT2D eigenvalue weighted by Gasteiger charge is 2.09. The molecule has 1 aliphatic rings. The molecule has 0 radical (unpaired) electrons. The van der Waals surface area contributed by atoms with Gasteiger partial charge in [-0.15, -0.1) is 10.2 Å². The minimum absolute atomic E-state index is 1.27. The summed E-state index contributed by atoms with van der Waals surface area (Å²) >= 11 is 0. The summed E-state index contributed by atoms with van der Waals surface area (Å²) in [5.41, 5.74) is 3.07. The number of aromatic nitrogens is 1. The van der Waals surface area contributed by atoms with Crippen molar-refractivity contribution in [2.24, 2.45) is 0 Å². The number of hydrogen-bond acceptors (Lipinski definition) is 4. The van der Waals surface area contributed by atoms with Gasteiger partial charge in [-0.3, -0.25) is 0 Å². The van der Waals surface area contributed by atoms with Crippen LogP contribution in [0.15, 0.2) is 18.5 Å². The van der Waals surface area contributed by atoms with E-state index in [-0.39, 0.29) is 0 Å². The minimum Gasteiger partial charge on any atom is -0.222 e. The van der Waals surface area contributed by atoms with Gasteiger partial charge in [-0.05, 0) is 31.2 Å². The Morgan fingerprint density at radius 3 is 2.07 bits per heavy atom. The second-order valence-corrected chi connectivity index (χ2v) is 4.04. The first-order chi connectivity index (χ1) is 6.97.